The first-order valence-corrected chi connectivity index (χ1v) is 11.4. The van der Waals surface area contributed by atoms with Gasteiger partial charge < -0.3 is 10.1 Å². The number of anilines is 1. The molecule has 8 heteroatoms. The Kier molecular flexibility index (Phi) is 6.77. The van der Waals surface area contributed by atoms with Crippen LogP contribution in [-0.4, -0.2) is 50.2 Å². The predicted molar refractivity (Wildman–Crippen MR) is 111 cm³/mol. The maximum absolute atomic E-state index is 12.8. The van der Waals surface area contributed by atoms with Crippen LogP contribution >= 0.6 is 11.8 Å². The summed E-state index contributed by atoms with van der Waals surface area (Å²) in [4.78, 5) is 13.7. The van der Waals surface area contributed by atoms with Gasteiger partial charge in [-0.15, -0.1) is 11.8 Å². The van der Waals surface area contributed by atoms with Crippen molar-refractivity contribution in [2.24, 2.45) is 0 Å². The van der Waals surface area contributed by atoms with Crippen molar-refractivity contribution in [2.45, 2.75) is 28.9 Å². The molecule has 1 N–H and O–H groups in total. The van der Waals surface area contributed by atoms with Crippen molar-refractivity contribution in [3.8, 4) is 0 Å². The minimum Gasteiger partial charge on any atom is -0.379 e. The average Bonchev–Trinajstić information content (AvgIpc) is 2.70. The van der Waals surface area contributed by atoms with Crippen molar-refractivity contribution in [3.05, 3.63) is 54.1 Å². The Morgan fingerprint density at radius 3 is 2.50 bits per heavy atom. The standard InChI is InChI=1S/C20H24N2O4S2/c1-15-6-8-18(9-7-15)27-16(2)20(23)21-17-4-3-5-19(14-17)28(24,25)22-10-12-26-13-11-22/h3-9,14,16H,10-13H2,1-2H3,(H,21,23). The Balaban J connectivity index is 1.68. The lowest BCUT2D eigenvalue weighted by Gasteiger charge is -2.26. The van der Waals surface area contributed by atoms with Gasteiger partial charge in [-0.2, -0.15) is 4.31 Å². The molecule has 0 bridgehead atoms. The van der Waals surface area contributed by atoms with Gasteiger partial charge in [-0.25, -0.2) is 8.42 Å². The van der Waals surface area contributed by atoms with Crippen LogP contribution in [0, 0.1) is 6.92 Å². The van der Waals surface area contributed by atoms with Gasteiger partial charge in [0.15, 0.2) is 0 Å². The predicted octanol–water partition coefficient (Wildman–Crippen LogP) is 3.14. The van der Waals surface area contributed by atoms with E-state index in [9.17, 15) is 13.2 Å². The highest BCUT2D eigenvalue weighted by Gasteiger charge is 2.26. The molecule has 2 aromatic rings. The van der Waals surface area contributed by atoms with Crippen LogP contribution in [0.4, 0.5) is 5.69 Å². The van der Waals surface area contributed by atoms with Crippen LogP contribution in [0.15, 0.2) is 58.3 Å². The van der Waals surface area contributed by atoms with Crippen molar-refractivity contribution in [3.63, 3.8) is 0 Å². The molecule has 1 aliphatic rings. The first-order chi connectivity index (χ1) is 13.4. The molecule has 1 unspecified atom stereocenters. The topological polar surface area (TPSA) is 75.7 Å². The third-order valence-corrected chi connectivity index (χ3v) is 7.42. The van der Waals surface area contributed by atoms with Gasteiger partial charge in [0, 0.05) is 23.7 Å². The van der Waals surface area contributed by atoms with Crippen molar-refractivity contribution in [1.29, 1.82) is 0 Å². The number of nitrogens with one attached hydrogen (secondary N) is 1. The van der Waals surface area contributed by atoms with E-state index >= 15 is 0 Å². The molecular weight excluding hydrogens is 396 g/mol. The molecule has 0 aliphatic carbocycles. The van der Waals surface area contributed by atoms with Crippen molar-refractivity contribution >= 4 is 33.4 Å². The number of aryl methyl sites for hydroxylation is 1. The summed E-state index contributed by atoms with van der Waals surface area (Å²) in [6.45, 7) is 5.30. The summed E-state index contributed by atoms with van der Waals surface area (Å²) in [6, 6.07) is 14.4. The highest BCUT2D eigenvalue weighted by atomic mass is 32.2. The zero-order chi connectivity index (χ0) is 20.1. The number of carbonyl (C=O) groups is 1. The van der Waals surface area contributed by atoms with Gasteiger partial charge in [0.2, 0.25) is 15.9 Å². The second-order valence-corrected chi connectivity index (χ2v) is 9.96. The fraction of sp³-hybridized carbons (Fsp3) is 0.350. The zero-order valence-electron chi connectivity index (χ0n) is 15.9. The van der Waals surface area contributed by atoms with E-state index in [1.54, 1.807) is 18.2 Å². The molecule has 1 saturated heterocycles. The first kappa shape index (κ1) is 20.9. The monoisotopic (exact) mass is 420 g/mol. The molecule has 150 valence electrons. The highest BCUT2D eigenvalue weighted by molar-refractivity contribution is 8.00. The van der Waals surface area contributed by atoms with Gasteiger partial charge in [0.1, 0.15) is 0 Å². The molecule has 1 atom stereocenters. The molecule has 0 radical (unpaired) electrons. The molecule has 1 heterocycles. The molecule has 0 saturated carbocycles. The lowest BCUT2D eigenvalue weighted by molar-refractivity contribution is -0.115. The van der Waals surface area contributed by atoms with Crippen LogP contribution < -0.4 is 5.32 Å². The van der Waals surface area contributed by atoms with Crippen LogP contribution in [0.25, 0.3) is 0 Å². The Morgan fingerprint density at radius 2 is 1.82 bits per heavy atom. The van der Waals surface area contributed by atoms with Crippen LogP contribution in [0.1, 0.15) is 12.5 Å². The molecule has 28 heavy (non-hydrogen) atoms. The molecule has 0 aromatic heterocycles. The number of ether oxygens (including phenoxy) is 1. The number of benzene rings is 2. The Bertz CT molecular complexity index is 923. The minimum atomic E-state index is -3.60. The van der Waals surface area contributed by atoms with Crippen molar-refractivity contribution in [1.82, 2.24) is 4.31 Å². The quantitative estimate of drug-likeness (QED) is 0.727. The second kappa shape index (κ2) is 9.09. The summed E-state index contributed by atoms with van der Waals surface area (Å²) in [6.07, 6.45) is 0. The largest absolute Gasteiger partial charge is 0.379 e. The fourth-order valence-corrected chi connectivity index (χ4v) is 5.11. The number of sulfonamides is 1. The van der Waals surface area contributed by atoms with Gasteiger partial charge in [-0.1, -0.05) is 23.8 Å². The van der Waals surface area contributed by atoms with Crippen LogP contribution in [-0.2, 0) is 19.6 Å². The van der Waals surface area contributed by atoms with Gasteiger partial charge >= 0.3 is 0 Å². The third kappa shape index (κ3) is 5.14. The van der Waals surface area contributed by atoms with Gasteiger partial charge in [0.05, 0.1) is 23.4 Å². The molecule has 6 nitrogen and oxygen atoms in total. The number of nitrogens with zero attached hydrogens (tertiary/aromatic N) is 1. The van der Waals surface area contributed by atoms with E-state index in [1.165, 1.54) is 27.7 Å². The van der Waals surface area contributed by atoms with Crippen LogP contribution in [0.5, 0.6) is 0 Å². The molecule has 2 aromatic carbocycles. The van der Waals surface area contributed by atoms with E-state index in [1.807, 2.05) is 38.1 Å². The lowest BCUT2D eigenvalue weighted by atomic mass is 10.2. The smallest absolute Gasteiger partial charge is 0.243 e. The lowest BCUT2D eigenvalue weighted by Crippen LogP contribution is -2.40. The van der Waals surface area contributed by atoms with E-state index in [2.05, 4.69) is 5.32 Å². The summed E-state index contributed by atoms with van der Waals surface area (Å²) < 4.78 is 32.2. The van der Waals surface area contributed by atoms with Gasteiger partial charge in [0.25, 0.3) is 0 Å². The second-order valence-electron chi connectivity index (χ2n) is 6.61. The number of amides is 1. The normalized spacial score (nSPS) is 16.5. The Hall–Kier alpha value is -1.87. The minimum absolute atomic E-state index is 0.172. The number of rotatable bonds is 6. The summed E-state index contributed by atoms with van der Waals surface area (Å²) in [5.41, 5.74) is 1.63. The number of morpholine rings is 1. The summed E-state index contributed by atoms with van der Waals surface area (Å²) in [7, 11) is -3.60. The first-order valence-electron chi connectivity index (χ1n) is 9.08. The summed E-state index contributed by atoms with van der Waals surface area (Å²) in [5, 5.41) is 2.50. The summed E-state index contributed by atoms with van der Waals surface area (Å²) >= 11 is 1.46. The number of hydrogen-bond donors (Lipinski definition) is 1. The van der Waals surface area contributed by atoms with Gasteiger partial charge in [-0.3, -0.25) is 4.79 Å². The molecule has 1 fully saturated rings. The number of thioether (sulfide) groups is 1. The number of hydrogen-bond acceptors (Lipinski definition) is 5. The fourth-order valence-electron chi connectivity index (χ4n) is 2.79. The van der Waals surface area contributed by atoms with Crippen LogP contribution in [0.2, 0.25) is 0 Å². The average molecular weight is 421 g/mol. The molecule has 3 rings (SSSR count). The van der Waals surface area contributed by atoms with Gasteiger partial charge in [-0.05, 0) is 44.2 Å². The summed E-state index contributed by atoms with van der Waals surface area (Å²) in [5.74, 6) is -0.175. The van der Waals surface area contributed by atoms with Crippen molar-refractivity contribution < 1.29 is 17.9 Å². The van der Waals surface area contributed by atoms with Crippen LogP contribution in [0.3, 0.4) is 0 Å². The van der Waals surface area contributed by atoms with E-state index in [4.69, 9.17) is 4.74 Å². The third-order valence-electron chi connectivity index (χ3n) is 4.41. The molecule has 1 aliphatic heterocycles. The zero-order valence-corrected chi connectivity index (χ0v) is 17.6. The van der Waals surface area contributed by atoms with E-state index < -0.39 is 10.0 Å². The highest BCUT2D eigenvalue weighted by Crippen LogP contribution is 2.25. The molecular formula is C20H24N2O4S2. The maximum atomic E-state index is 12.8. The maximum Gasteiger partial charge on any atom is 0.243 e. The van der Waals surface area contributed by atoms with E-state index in [0.717, 1.165) is 4.90 Å². The molecule has 1 amide bonds. The molecule has 0 spiro atoms. The Morgan fingerprint density at radius 1 is 1.14 bits per heavy atom. The number of carbonyl (C=O) groups excluding carboxylic acids is 1. The van der Waals surface area contributed by atoms with E-state index in [-0.39, 0.29) is 16.1 Å². The van der Waals surface area contributed by atoms with Crippen molar-refractivity contribution in [2.75, 3.05) is 31.6 Å². The van der Waals surface area contributed by atoms with E-state index in [0.29, 0.717) is 32.0 Å². The Labute approximate surface area is 170 Å². The SMILES string of the molecule is Cc1ccc(SC(C)C(=O)Nc2cccc(S(=O)(=O)N3CCOCC3)c2)cc1.